The first kappa shape index (κ1) is 17.0. The third-order valence-electron chi connectivity index (χ3n) is 5.76. The number of aromatic nitrogens is 1. The first-order valence-electron chi connectivity index (χ1n) is 9.59. The Labute approximate surface area is 153 Å². The minimum Gasteiger partial charge on any atom is -0.352 e. The summed E-state index contributed by atoms with van der Waals surface area (Å²) in [6.45, 7) is 3.77. The van der Waals surface area contributed by atoms with Crippen molar-refractivity contribution in [3.05, 3.63) is 29.3 Å². The van der Waals surface area contributed by atoms with Gasteiger partial charge in [0, 0.05) is 6.04 Å². The van der Waals surface area contributed by atoms with Crippen LogP contribution in [0.2, 0.25) is 0 Å². The van der Waals surface area contributed by atoms with E-state index in [0.717, 1.165) is 36.3 Å². The van der Waals surface area contributed by atoms with Crippen LogP contribution in [0.1, 0.15) is 56.5 Å². The van der Waals surface area contributed by atoms with Gasteiger partial charge in [0.05, 0.1) is 22.8 Å². The van der Waals surface area contributed by atoms with E-state index in [9.17, 15) is 4.79 Å². The van der Waals surface area contributed by atoms with Crippen LogP contribution < -0.4 is 5.32 Å². The highest BCUT2D eigenvalue weighted by molar-refractivity contribution is 7.18. The number of nitrogens with zero attached hydrogens (tertiary/aromatic N) is 2. The zero-order chi connectivity index (χ0) is 17.2. The Morgan fingerprint density at radius 3 is 2.92 bits per heavy atom. The fourth-order valence-corrected chi connectivity index (χ4v) is 5.43. The standard InChI is InChI=1S/C20H27N3OS/c1-14-7-2-3-8-15(14)21-19(24)13-23-12-6-10-17(23)20-22-16-9-4-5-11-18(16)25-20/h4-5,9,11,14-15,17H,2-3,6-8,10,12-13H2,1H3,(H,21,24)/t14-,15-,17+/m0/s1. The zero-order valence-corrected chi connectivity index (χ0v) is 15.7. The number of hydrogen-bond donors (Lipinski definition) is 1. The Morgan fingerprint density at radius 1 is 1.24 bits per heavy atom. The molecule has 3 atom stereocenters. The van der Waals surface area contributed by atoms with Gasteiger partial charge in [-0.25, -0.2) is 4.98 Å². The molecule has 2 aliphatic rings. The molecular weight excluding hydrogens is 330 g/mol. The molecule has 0 bridgehead atoms. The SMILES string of the molecule is C[C@H]1CCCC[C@@H]1NC(=O)CN1CCC[C@@H]1c1nc2ccccc2s1. The highest BCUT2D eigenvalue weighted by atomic mass is 32.1. The second-order valence-electron chi connectivity index (χ2n) is 7.58. The largest absolute Gasteiger partial charge is 0.352 e. The van der Waals surface area contributed by atoms with E-state index in [1.165, 1.54) is 24.0 Å². The van der Waals surface area contributed by atoms with Crippen LogP contribution in [0.5, 0.6) is 0 Å². The third-order valence-corrected chi connectivity index (χ3v) is 6.90. The summed E-state index contributed by atoms with van der Waals surface area (Å²) < 4.78 is 1.24. The number of para-hydroxylation sites is 1. The summed E-state index contributed by atoms with van der Waals surface area (Å²) >= 11 is 1.78. The topological polar surface area (TPSA) is 45.2 Å². The fraction of sp³-hybridized carbons (Fsp3) is 0.600. The van der Waals surface area contributed by atoms with Crippen molar-refractivity contribution in [2.45, 2.75) is 57.5 Å². The molecule has 2 fully saturated rings. The van der Waals surface area contributed by atoms with Gasteiger partial charge in [0.2, 0.25) is 5.91 Å². The molecule has 4 nitrogen and oxygen atoms in total. The van der Waals surface area contributed by atoms with Crippen molar-refractivity contribution in [1.82, 2.24) is 15.2 Å². The molecule has 2 aromatic rings. The van der Waals surface area contributed by atoms with Gasteiger partial charge in [0.1, 0.15) is 5.01 Å². The summed E-state index contributed by atoms with van der Waals surface area (Å²) in [7, 11) is 0. The van der Waals surface area contributed by atoms with Crippen LogP contribution in [-0.2, 0) is 4.79 Å². The van der Waals surface area contributed by atoms with Crippen molar-refractivity contribution < 1.29 is 4.79 Å². The lowest BCUT2D eigenvalue weighted by Gasteiger charge is -2.30. The predicted octanol–water partition coefficient (Wildman–Crippen LogP) is 4.13. The summed E-state index contributed by atoms with van der Waals surface area (Å²) in [4.78, 5) is 19.7. The van der Waals surface area contributed by atoms with E-state index in [0.29, 0.717) is 24.5 Å². The monoisotopic (exact) mass is 357 g/mol. The number of carbonyl (C=O) groups is 1. The number of carbonyl (C=O) groups excluding carboxylic acids is 1. The lowest BCUT2D eigenvalue weighted by Crippen LogP contribution is -2.45. The highest BCUT2D eigenvalue weighted by Crippen LogP contribution is 2.36. The molecule has 1 aromatic heterocycles. The van der Waals surface area contributed by atoms with Crippen molar-refractivity contribution in [3.8, 4) is 0 Å². The number of amides is 1. The first-order chi connectivity index (χ1) is 12.2. The van der Waals surface area contributed by atoms with Crippen LogP contribution in [0.25, 0.3) is 10.2 Å². The van der Waals surface area contributed by atoms with Crippen molar-refractivity contribution in [2.24, 2.45) is 5.92 Å². The summed E-state index contributed by atoms with van der Waals surface area (Å²) in [5.41, 5.74) is 1.08. The van der Waals surface area contributed by atoms with Gasteiger partial charge >= 0.3 is 0 Å². The van der Waals surface area contributed by atoms with Crippen molar-refractivity contribution in [1.29, 1.82) is 0 Å². The van der Waals surface area contributed by atoms with Gasteiger partial charge in [-0.15, -0.1) is 11.3 Å². The molecule has 1 aromatic carbocycles. The number of thiazole rings is 1. The van der Waals surface area contributed by atoms with Gasteiger partial charge in [0.25, 0.3) is 0 Å². The number of rotatable bonds is 4. The molecule has 2 heterocycles. The minimum absolute atomic E-state index is 0.187. The van der Waals surface area contributed by atoms with Gasteiger partial charge in [-0.2, -0.15) is 0 Å². The maximum absolute atomic E-state index is 12.6. The second kappa shape index (κ2) is 7.42. The Kier molecular flexibility index (Phi) is 5.04. The van der Waals surface area contributed by atoms with Crippen molar-refractivity contribution in [3.63, 3.8) is 0 Å². The zero-order valence-electron chi connectivity index (χ0n) is 14.9. The van der Waals surface area contributed by atoms with E-state index >= 15 is 0 Å². The van der Waals surface area contributed by atoms with Gasteiger partial charge < -0.3 is 5.32 Å². The highest BCUT2D eigenvalue weighted by Gasteiger charge is 2.31. The lowest BCUT2D eigenvalue weighted by molar-refractivity contribution is -0.123. The lowest BCUT2D eigenvalue weighted by atomic mass is 9.86. The third kappa shape index (κ3) is 3.72. The average molecular weight is 358 g/mol. The molecule has 1 saturated carbocycles. The summed E-state index contributed by atoms with van der Waals surface area (Å²) in [6, 6.07) is 8.97. The molecule has 1 aliphatic heterocycles. The average Bonchev–Trinajstić information content (AvgIpc) is 3.23. The molecule has 0 unspecified atom stereocenters. The summed E-state index contributed by atoms with van der Waals surface area (Å²) in [6.07, 6.45) is 7.17. The Hall–Kier alpha value is -1.46. The Balaban J connectivity index is 1.41. The van der Waals surface area contributed by atoms with Gasteiger partial charge in [-0.3, -0.25) is 9.69 Å². The maximum Gasteiger partial charge on any atom is 0.234 e. The van der Waals surface area contributed by atoms with E-state index in [4.69, 9.17) is 4.98 Å². The van der Waals surface area contributed by atoms with E-state index in [1.54, 1.807) is 11.3 Å². The van der Waals surface area contributed by atoms with Crippen LogP contribution in [0.4, 0.5) is 0 Å². The molecule has 5 heteroatoms. The number of fused-ring (bicyclic) bond motifs is 1. The van der Waals surface area contributed by atoms with Gasteiger partial charge in [0.15, 0.2) is 0 Å². The van der Waals surface area contributed by atoms with Crippen LogP contribution in [0.15, 0.2) is 24.3 Å². The molecule has 1 N–H and O–H groups in total. The van der Waals surface area contributed by atoms with Crippen molar-refractivity contribution >= 4 is 27.5 Å². The summed E-state index contributed by atoms with van der Waals surface area (Å²) in [5.74, 6) is 0.795. The number of nitrogens with one attached hydrogen (secondary N) is 1. The maximum atomic E-state index is 12.6. The molecular formula is C20H27N3OS. The van der Waals surface area contributed by atoms with E-state index in [2.05, 4.69) is 35.3 Å². The van der Waals surface area contributed by atoms with E-state index < -0.39 is 0 Å². The van der Waals surface area contributed by atoms with E-state index in [1.807, 2.05) is 6.07 Å². The Bertz CT molecular complexity index is 710. The second-order valence-corrected chi connectivity index (χ2v) is 8.65. The molecule has 0 spiro atoms. The molecule has 134 valence electrons. The molecule has 1 saturated heterocycles. The first-order valence-corrected chi connectivity index (χ1v) is 10.4. The number of likely N-dealkylation sites (tertiary alicyclic amines) is 1. The molecule has 1 aliphatic carbocycles. The predicted molar refractivity (Wildman–Crippen MR) is 103 cm³/mol. The minimum atomic E-state index is 0.187. The van der Waals surface area contributed by atoms with Gasteiger partial charge in [-0.05, 0) is 50.3 Å². The Morgan fingerprint density at radius 2 is 2.08 bits per heavy atom. The normalized spacial score (nSPS) is 27.6. The fourth-order valence-electron chi connectivity index (χ4n) is 4.30. The smallest absolute Gasteiger partial charge is 0.234 e. The quantitative estimate of drug-likeness (QED) is 0.895. The number of benzene rings is 1. The van der Waals surface area contributed by atoms with E-state index in [-0.39, 0.29) is 5.91 Å². The van der Waals surface area contributed by atoms with Gasteiger partial charge in [-0.1, -0.05) is 31.9 Å². The summed E-state index contributed by atoms with van der Waals surface area (Å²) in [5, 5.41) is 4.46. The van der Waals surface area contributed by atoms with Crippen LogP contribution in [0, 0.1) is 5.92 Å². The van der Waals surface area contributed by atoms with Crippen LogP contribution in [0.3, 0.4) is 0 Å². The van der Waals surface area contributed by atoms with Crippen LogP contribution in [-0.4, -0.2) is 34.9 Å². The molecule has 4 rings (SSSR count). The van der Waals surface area contributed by atoms with Crippen molar-refractivity contribution in [2.75, 3.05) is 13.1 Å². The van der Waals surface area contributed by atoms with Crippen LogP contribution >= 0.6 is 11.3 Å². The molecule has 25 heavy (non-hydrogen) atoms. The molecule has 0 radical (unpaired) electrons. The molecule has 1 amide bonds. The number of hydrogen-bond acceptors (Lipinski definition) is 4.